The van der Waals surface area contributed by atoms with Crippen molar-refractivity contribution in [3.8, 4) is 0 Å². The molecule has 2 aromatic rings. The largest absolute Gasteiger partial charge is 0.387 e. The fourth-order valence-corrected chi connectivity index (χ4v) is 3.03. The molecule has 1 heterocycles. The predicted molar refractivity (Wildman–Crippen MR) is 74.2 cm³/mol. The van der Waals surface area contributed by atoms with Gasteiger partial charge >= 0.3 is 0 Å². The minimum absolute atomic E-state index is 0.487. The average Bonchev–Trinajstić information content (AvgIpc) is 2.70. The van der Waals surface area contributed by atoms with Crippen molar-refractivity contribution < 1.29 is 5.11 Å². The zero-order valence-electron chi connectivity index (χ0n) is 9.28. The molecule has 90 valence electrons. The molecule has 0 bridgehead atoms. The Morgan fingerprint density at radius 1 is 1.29 bits per heavy atom. The Morgan fingerprint density at radius 2 is 2.06 bits per heavy atom. The summed E-state index contributed by atoms with van der Waals surface area (Å²) >= 11 is 13.6. The highest BCUT2D eigenvalue weighted by molar-refractivity contribution is 7.10. The van der Waals surface area contributed by atoms with Crippen molar-refractivity contribution in [2.45, 2.75) is 19.4 Å². The van der Waals surface area contributed by atoms with Crippen molar-refractivity contribution in [1.29, 1.82) is 0 Å². The Kier molecular flexibility index (Phi) is 4.10. The highest BCUT2D eigenvalue weighted by Gasteiger charge is 2.14. The Balaban J connectivity index is 2.21. The van der Waals surface area contributed by atoms with Crippen molar-refractivity contribution in [2.24, 2.45) is 0 Å². The van der Waals surface area contributed by atoms with E-state index in [4.69, 9.17) is 23.2 Å². The molecule has 2 rings (SSSR count). The van der Waals surface area contributed by atoms with Gasteiger partial charge in [0, 0.05) is 21.3 Å². The van der Waals surface area contributed by atoms with E-state index >= 15 is 0 Å². The van der Waals surface area contributed by atoms with E-state index in [0.29, 0.717) is 16.5 Å². The van der Waals surface area contributed by atoms with E-state index in [1.54, 1.807) is 29.5 Å². The van der Waals surface area contributed by atoms with Crippen LogP contribution in [0.2, 0.25) is 10.0 Å². The Bertz CT molecular complexity index is 522. The van der Waals surface area contributed by atoms with Gasteiger partial charge in [-0.2, -0.15) is 0 Å². The summed E-state index contributed by atoms with van der Waals surface area (Å²) in [5.41, 5.74) is 1.99. The van der Waals surface area contributed by atoms with Crippen LogP contribution >= 0.6 is 34.5 Å². The summed E-state index contributed by atoms with van der Waals surface area (Å²) in [6.45, 7) is 1.99. The first-order valence-corrected chi connectivity index (χ1v) is 6.87. The Morgan fingerprint density at radius 3 is 2.71 bits per heavy atom. The maximum atomic E-state index is 10.2. The number of aliphatic hydroxyl groups is 1. The van der Waals surface area contributed by atoms with Crippen molar-refractivity contribution in [1.82, 2.24) is 0 Å². The van der Waals surface area contributed by atoms with E-state index in [-0.39, 0.29) is 0 Å². The first-order chi connectivity index (χ1) is 8.08. The number of hydrogen-bond donors (Lipinski definition) is 1. The SMILES string of the molecule is Cc1ccsc1C(O)Cc1cc(Cl)ccc1Cl. The molecule has 0 fully saturated rings. The van der Waals surface area contributed by atoms with E-state index < -0.39 is 6.10 Å². The molecule has 1 N–H and O–H groups in total. The minimum Gasteiger partial charge on any atom is -0.387 e. The van der Waals surface area contributed by atoms with Crippen LogP contribution in [0.5, 0.6) is 0 Å². The molecule has 0 saturated carbocycles. The molecule has 0 spiro atoms. The van der Waals surface area contributed by atoms with Gasteiger partial charge in [-0.1, -0.05) is 23.2 Å². The summed E-state index contributed by atoms with van der Waals surface area (Å²) in [4.78, 5) is 0.987. The van der Waals surface area contributed by atoms with Crippen LogP contribution in [-0.4, -0.2) is 5.11 Å². The van der Waals surface area contributed by atoms with E-state index in [1.807, 2.05) is 18.4 Å². The zero-order chi connectivity index (χ0) is 12.4. The number of thiophene rings is 1. The summed E-state index contributed by atoms with van der Waals surface area (Å²) in [6.07, 6.45) is -0.0354. The second-order valence-corrected chi connectivity index (χ2v) is 5.71. The monoisotopic (exact) mass is 286 g/mol. The lowest BCUT2D eigenvalue weighted by Crippen LogP contribution is -2.01. The molecule has 17 heavy (non-hydrogen) atoms. The smallest absolute Gasteiger partial charge is 0.0925 e. The third-order valence-corrected chi connectivity index (χ3v) is 4.35. The lowest BCUT2D eigenvalue weighted by Gasteiger charge is -2.11. The molecule has 0 amide bonds. The standard InChI is InChI=1S/C13H12Cl2OS/c1-8-4-5-17-13(8)12(16)7-9-6-10(14)2-3-11(9)15/h2-6,12,16H,7H2,1H3. The van der Waals surface area contributed by atoms with Gasteiger partial charge in [-0.25, -0.2) is 0 Å². The number of benzene rings is 1. The highest BCUT2D eigenvalue weighted by Crippen LogP contribution is 2.30. The van der Waals surface area contributed by atoms with Crippen LogP contribution in [0.15, 0.2) is 29.6 Å². The minimum atomic E-state index is -0.522. The normalized spacial score (nSPS) is 12.7. The van der Waals surface area contributed by atoms with E-state index in [2.05, 4.69) is 0 Å². The molecule has 0 saturated heterocycles. The van der Waals surface area contributed by atoms with E-state index in [9.17, 15) is 5.11 Å². The van der Waals surface area contributed by atoms with Gasteiger partial charge in [-0.15, -0.1) is 11.3 Å². The summed E-state index contributed by atoms with van der Waals surface area (Å²) in [5.74, 6) is 0. The van der Waals surface area contributed by atoms with Gasteiger partial charge in [-0.05, 0) is 47.7 Å². The third-order valence-electron chi connectivity index (χ3n) is 2.63. The number of aryl methyl sites for hydroxylation is 1. The third kappa shape index (κ3) is 3.02. The molecule has 1 unspecified atom stereocenters. The molecule has 1 atom stereocenters. The molecule has 1 nitrogen and oxygen atoms in total. The number of rotatable bonds is 3. The van der Waals surface area contributed by atoms with E-state index in [0.717, 1.165) is 16.0 Å². The highest BCUT2D eigenvalue weighted by atomic mass is 35.5. The summed E-state index contributed by atoms with van der Waals surface area (Å²) < 4.78 is 0. The lowest BCUT2D eigenvalue weighted by molar-refractivity contribution is 0.181. The number of halogens is 2. The molecule has 4 heteroatoms. The molecule has 0 aliphatic rings. The molecular formula is C13H12Cl2OS. The van der Waals surface area contributed by atoms with Crippen molar-refractivity contribution in [2.75, 3.05) is 0 Å². The maximum absolute atomic E-state index is 10.2. The molecule has 0 aliphatic carbocycles. The van der Waals surface area contributed by atoms with Crippen LogP contribution in [0.4, 0.5) is 0 Å². The van der Waals surface area contributed by atoms with Gasteiger partial charge < -0.3 is 5.11 Å². The van der Waals surface area contributed by atoms with Crippen LogP contribution < -0.4 is 0 Å². The fourth-order valence-electron chi connectivity index (χ4n) is 1.73. The number of aliphatic hydroxyl groups excluding tert-OH is 1. The van der Waals surface area contributed by atoms with Crippen molar-refractivity contribution >= 4 is 34.5 Å². The predicted octanol–water partition coefficient (Wildman–Crippen LogP) is 4.64. The van der Waals surface area contributed by atoms with Crippen LogP contribution in [0.25, 0.3) is 0 Å². The summed E-state index contributed by atoms with van der Waals surface area (Å²) in [5, 5.41) is 13.4. The van der Waals surface area contributed by atoms with Gasteiger partial charge in [0.2, 0.25) is 0 Å². The van der Waals surface area contributed by atoms with Crippen LogP contribution in [-0.2, 0) is 6.42 Å². The van der Waals surface area contributed by atoms with E-state index in [1.165, 1.54) is 0 Å². The van der Waals surface area contributed by atoms with Crippen molar-refractivity contribution in [3.05, 3.63) is 55.7 Å². The average molecular weight is 287 g/mol. The lowest BCUT2D eigenvalue weighted by atomic mass is 10.1. The fraction of sp³-hybridized carbons (Fsp3) is 0.231. The summed E-state index contributed by atoms with van der Waals surface area (Å²) in [6, 6.07) is 7.31. The molecule has 0 radical (unpaired) electrons. The van der Waals surface area contributed by atoms with Gasteiger partial charge in [0.1, 0.15) is 0 Å². The van der Waals surface area contributed by atoms with Gasteiger partial charge in [-0.3, -0.25) is 0 Å². The van der Waals surface area contributed by atoms with Gasteiger partial charge in [0.15, 0.2) is 0 Å². The Labute approximate surface area is 115 Å². The van der Waals surface area contributed by atoms with Gasteiger partial charge in [0.25, 0.3) is 0 Å². The first-order valence-electron chi connectivity index (χ1n) is 5.24. The molecule has 1 aromatic carbocycles. The van der Waals surface area contributed by atoms with Crippen LogP contribution in [0.3, 0.4) is 0 Å². The molecule has 1 aromatic heterocycles. The van der Waals surface area contributed by atoms with Crippen LogP contribution in [0, 0.1) is 6.92 Å². The zero-order valence-corrected chi connectivity index (χ0v) is 11.6. The summed E-state index contributed by atoms with van der Waals surface area (Å²) in [7, 11) is 0. The Hall–Kier alpha value is -0.540. The quantitative estimate of drug-likeness (QED) is 0.872. The van der Waals surface area contributed by atoms with Crippen molar-refractivity contribution in [3.63, 3.8) is 0 Å². The second kappa shape index (κ2) is 5.40. The maximum Gasteiger partial charge on any atom is 0.0925 e. The van der Waals surface area contributed by atoms with Gasteiger partial charge in [0.05, 0.1) is 6.10 Å². The first kappa shape index (κ1) is 12.9. The van der Waals surface area contributed by atoms with Crippen LogP contribution in [0.1, 0.15) is 22.1 Å². The molecular weight excluding hydrogens is 275 g/mol. The topological polar surface area (TPSA) is 20.2 Å². The second-order valence-electron chi connectivity index (χ2n) is 3.92. The molecule has 0 aliphatic heterocycles. The number of hydrogen-bond acceptors (Lipinski definition) is 2.